The smallest absolute Gasteiger partial charge is 0.295 e. The Balaban J connectivity index is 1.52. The van der Waals surface area contributed by atoms with Gasteiger partial charge >= 0.3 is 0 Å². The molecule has 0 saturated carbocycles. The third kappa shape index (κ3) is 5.46. The first-order chi connectivity index (χ1) is 19.0. The summed E-state index contributed by atoms with van der Waals surface area (Å²) in [5.74, 6) is -0.898. The summed E-state index contributed by atoms with van der Waals surface area (Å²) in [6.07, 6.45) is 4.21. The first kappa shape index (κ1) is 25.9. The lowest BCUT2D eigenvalue weighted by atomic mass is 9.93. The molecule has 0 radical (unpaired) electrons. The van der Waals surface area contributed by atoms with Crippen LogP contribution in [0, 0.1) is 6.92 Å². The summed E-state index contributed by atoms with van der Waals surface area (Å²) in [6, 6.07) is 25.9. The number of pyridine rings is 1. The second kappa shape index (κ2) is 11.4. The van der Waals surface area contributed by atoms with Crippen LogP contribution >= 0.6 is 0 Å². The van der Waals surface area contributed by atoms with Gasteiger partial charge in [0.15, 0.2) is 0 Å². The molecule has 3 aromatic carbocycles. The van der Waals surface area contributed by atoms with Gasteiger partial charge in [0, 0.05) is 24.5 Å². The number of aromatic nitrogens is 1. The maximum atomic E-state index is 13.4. The van der Waals surface area contributed by atoms with Crippen molar-refractivity contribution in [2.45, 2.75) is 39.5 Å². The molecule has 39 heavy (non-hydrogen) atoms. The van der Waals surface area contributed by atoms with Crippen molar-refractivity contribution in [2.75, 3.05) is 0 Å². The Morgan fingerprint density at radius 2 is 1.67 bits per heavy atom. The Bertz CT molecular complexity index is 1510. The Kier molecular flexibility index (Phi) is 7.55. The van der Waals surface area contributed by atoms with Crippen LogP contribution in [0.5, 0.6) is 5.75 Å². The van der Waals surface area contributed by atoms with E-state index in [1.807, 2.05) is 73.7 Å². The third-order valence-electron chi connectivity index (χ3n) is 7.02. The van der Waals surface area contributed by atoms with Crippen LogP contribution in [0.1, 0.15) is 46.3 Å². The molecule has 1 aromatic heterocycles. The molecule has 6 heteroatoms. The number of aliphatic hydroxyl groups is 1. The maximum Gasteiger partial charge on any atom is 0.295 e. The Morgan fingerprint density at radius 3 is 2.33 bits per heavy atom. The van der Waals surface area contributed by atoms with Crippen molar-refractivity contribution in [3.05, 3.63) is 136 Å². The van der Waals surface area contributed by atoms with E-state index in [1.165, 1.54) is 4.90 Å². The predicted molar refractivity (Wildman–Crippen MR) is 150 cm³/mol. The molecule has 0 bridgehead atoms. The summed E-state index contributed by atoms with van der Waals surface area (Å²) in [6.45, 7) is 4.53. The van der Waals surface area contributed by atoms with Crippen LogP contribution in [0.15, 0.2) is 103 Å². The molecule has 1 atom stereocenters. The van der Waals surface area contributed by atoms with Crippen molar-refractivity contribution in [1.29, 1.82) is 0 Å². The molecular formula is C33H30N2O4. The van der Waals surface area contributed by atoms with E-state index in [4.69, 9.17) is 4.74 Å². The van der Waals surface area contributed by atoms with E-state index in [9.17, 15) is 14.7 Å². The van der Waals surface area contributed by atoms with E-state index >= 15 is 0 Å². The molecule has 1 saturated heterocycles. The number of ether oxygens (including phenoxy) is 1. The monoisotopic (exact) mass is 518 g/mol. The van der Waals surface area contributed by atoms with Crippen LogP contribution in [0.25, 0.3) is 5.76 Å². The number of hydrogen-bond acceptors (Lipinski definition) is 5. The van der Waals surface area contributed by atoms with Crippen molar-refractivity contribution in [2.24, 2.45) is 0 Å². The summed E-state index contributed by atoms with van der Waals surface area (Å²) in [5, 5.41) is 11.5. The average Bonchev–Trinajstić information content (AvgIpc) is 3.22. The van der Waals surface area contributed by atoms with Crippen LogP contribution in [-0.4, -0.2) is 26.7 Å². The van der Waals surface area contributed by atoms with Crippen molar-refractivity contribution < 1.29 is 19.4 Å². The number of Topliss-reactive ketones (excluding diaryl/α,β-unsaturated/α-hetero) is 1. The summed E-state index contributed by atoms with van der Waals surface area (Å²) >= 11 is 0. The van der Waals surface area contributed by atoms with Gasteiger partial charge in [-0.25, -0.2) is 0 Å². The minimum Gasteiger partial charge on any atom is -0.507 e. The largest absolute Gasteiger partial charge is 0.507 e. The van der Waals surface area contributed by atoms with Crippen LogP contribution in [0.2, 0.25) is 0 Å². The zero-order valence-corrected chi connectivity index (χ0v) is 22.0. The average molecular weight is 519 g/mol. The maximum absolute atomic E-state index is 13.4. The molecule has 1 fully saturated rings. The standard InChI is InChI=1S/C33H30N2O4/c1-3-23-11-13-26(14-12-23)30-29(32(37)33(38)35(30)20-25-10-7-17-34-19-25)31(36)28-16-15-27(18-22(28)2)39-21-24-8-5-4-6-9-24/h4-19,30,36H,3,20-21H2,1-2H3/b31-29+/t30-/m0/s1. The zero-order valence-electron chi connectivity index (χ0n) is 22.0. The quantitative estimate of drug-likeness (QED) is 0.172. The van der Waals surface area contributed by atoms with Gasteiger partial charge in [-0.15, -0.1) is 0 Å². The number of carbonyl (C=O) groups is 2. The molecule has 5 rings (SSSR count). The van der Waals surface area contributed by atoms with E-state index in [-0.39, 0.29) is 17.9 Å². The number of aliphatic hydroxyl groups excluding tert-OH is 1. The van der Waals surface area contributed by atoms with Crippen LogP contribution < -0.4 is 4.74 Å². The number of benzene rings is 3. The predicted octanol–water partition coefficient (Wildman–Crippen LogP) is 6.15. The SMILES string of the molecule is CCc1ccc([C@H]2/C(=C(\O)c3ccc(OCc4ccccc4)cc3C)C(=O)C(=O)N2Cc2cccnc2)cc1. The van der Waals surface area contributed by atoms with Crippen molar-refractivity contribution >= 4 is 17.4 Å². The van der Waals surface area contributed by atoms with Crippen molar-refractivity contribution in [3.8, 4) is 5.75 Å². The molecule has 4 aromatic rings. The van der Waals surface area contributed by atoms with Gasteiger partial charge in [0.2, 0.25) is 0 Å². The third-order valence-corrected chi connectivity index (χ3v) is 7.02. The molecule has 1 aliphatic rings. The summed E-state index contributed by atoms with van der Waals surface area (Å²) < 4.78 is 5.93. The van der Waals surface area contributed by atoms with Crippen LogP contribution in [0.4, 0.5) is 0 Å². The second-order valence-electron chi connectivity index (χ2n) is 9.63. The Morgan fingerprint density at radius 1 is 0.923 bits per heavy atom. The van der Waals surface area contributed by atoms with Crippen LogP contribution in [-0.2, 0) is 29.2 Å². The van der Waals surface area contributed by atoms with Gasteiger partial charge in [-0.2, -0.15) is 0 Å². The van der Waals surface area contributed by atoms with Gasteiger partial charge in [-0.05, 0) is 65.4 Å². The van der Waals surface area contributed by atoms with Gasteiger partial charge in [-0.1, -0.05) is 67.6 Å². The molecule has 2 heterocycles. The summed E-state index contributed by atoms with van der Waals surface area (Å²) in [7, 11) is 0. The van der Waals surface area contributed by atoms with Gasteiger partial charge in [-0.3, -0.25) is 14.6 Å². The fraction of sp³-hybridized carbons (Fsp3) is 0.182. The van der Waals surface area contributed by atoms with E-state index < -0.39 is 17.7 Å². The van der Waals surface area contributed by atoms with Crippen molar-refractivity contribution in [1.82, 2.24) is 9.88 Å². The number of carbonyl (C=O) groups excluding carboxylic acids is 2. The molecule has 0 aliphatic carbocycles. The number of ketones is 1. The van der Waals surface area contributed by atoms with Gasteiger partial charge < -0.3 is 14.7 Å². The summed E-state index contributed by atoms with van der Waals surface area (Å²) in [4.78, 5) is 32.4. The minimum atomic E-state index is -0.732. The van der Waals surface area contributed by atoms with Crippen molar-refractivity contribution in [3.63, 3.8) is 0 Å². The highest BCUT2D eigenvalue weighted by molar-refractivity contribution is 6.46. The topological polar surface area (TPSA) is 79.7 Å². The van der Waals surface area contributed by atoms with Gasteiger partial charge in [0.05, 0.1) is 11.6 Å². The number of amides is 1. The lowest BCUT2D eigenvalue weighted by Gasteiger charge is -2.25. The first-order valence-corrected chi connectivity index (χ1v) is 13.0. The second-order valence-corrected chi connectivity index (χ2v) is 9.63. The van der Waals surface area contributed by atoms with Crippen LogP contribution in [0.3, 0.4) is 0 Å². The molecule has 6 nitrogen and oxygen atoms in total. The zero-order chi connectivity index (χ0) is 27.4. The Labute approximate surface area is 228 Å². The minimum absolute atomic E-state index is 0.0780. The first-order valence-electron chi connectivity index (χ1n) is 13.0. The molecule has 196 valence electrons. The van der Waals surface area contributed by atoms with E-state index in [0.717, 1.165) is 34.2 Å². The van der Waals surface area contributed by atoms with Gasteiger partial charge in [0.25, 0.3) is 11.7 Å². The molecule has 0 spiro atoms. The molecule has 0 unspecified atom stereocenters. The van der Waals surface area contributed by atoms with E-state index in [0.29, 0.717) is 17.9 Å². The highest BCUT2D eigenvalue weighted by Gasteiger charge is 2.46. The number of rotatable bonds is 8. The normalized spacial score (nSPS) is 16.5. The number of hydrogen-bond donors (Lipinski definition) is 1. The summed E-state index contributed by atoms with van der Waals surface area (Å²) in [5.41, 5.74) is 5.04. The van der Waals surface area contributed by atoms with E-state index in [1.54, 1.807) is 30.6 Å². The fourth-order valence-corrected chi connectivity index (χ4v) is 4.89. The Hall–Kier alpha value is -4.71. The molecule has 1 amide bonds. The number of nitrogens with zero attached hydrogens (tertiary/aromatic N) is 2. The van der Waals surface area contributed by atoms with E-state index in [2.05, 4.69) is 11.9 Å². The highest BCUT2D eigenvalue weighted by atomic mass is 16.5. The lowest BCUT2D eigenvalue weighted by molar-refractivity contribution is -0.140. The number of aryl methyl sites for hydroxylation is 2. The molecule has 1 aliphatic heterocycles. The molecule has 1 N–H and O–H groups in total. The van der Waals surface area contributed by atoms with Gasteiger partial charge in [0.1, 0.15) is 18.1 Å². The lowest BCUT2D eigenvalue weighted by Crippen LogP contribution is -2.29. The fourth-order valence-electron chi connectivity index (χ4n) is 4.89. The highest BCUT2D eigenvalue weighted by Crippen LogP contribution is 2.41. The number of likely N-dealkylation sites (tertiary alicyclic amines) is 1. The molecular weight excluding hydrogens is 488 g/mol.